The van der Waals surface area contributed by atoms with Crippen LogP contribution in [-0.4, -0.2) is 29.2 Å². The summed E-state index contributed by atoms with van der Waals surface area (Å²) in [6, 6.07) is 5.73. The van der Waals surface area contributed by atoms with Crippen molar-refractivity contribution >= 4 is 5.95 Å². The van der Waals surface area contributed by atoms with Gasteiger partial charge in [-0.25, -0.2) is 4.98 Å². The van der Waals surface area contributed by atoms with Gasteiger partial charge in [-0.3, -0.25) is 0 Å². The second-order valence-electron chi connectivity index (χ2n) is 4.99. The number of rotatable bonds is 5. The monoisotopic (exact) mass is 288 g/mol. The van der Waals surface area contributed by atoms with Gasteiger partial charge in [0.05, 0.1) is 14.2 Å². The van der Waals surface area contributed by atoms with E-state index in [0.717, 1.165) is 5.56 Å². The van der Waals surface area contributed by atoms with Crippen LogP contribution in [0.2, 0.25) is 0 Å². The van der Waals surface area contributed by atoms with Crippen LogP contribution in [0.25, 0.3) is 0 Å². The molecule has 0 unspecified atom stereocenters. The molecule has 0 atom stereocenters. The van der Waals surface area contributed by atoms with Crippen molar-refractivity contribution in [2.24, 2.45) is 0 Å². The van der Waals surface area contributed by atoms with Gasteiger partial charge in [0.1, 0.15) is 11.6 Å². The van der Waals surface area contributed by atoms with Crippen molar-refractivity contribution in [1.29, 1.82) is 0 Å². The first-order chi connectivity index (χ1) is 10.0. The van der Waals surface area contributed by atoms with Gasteiger partial charge in [-0.15, -0.1) is 0 Å². The highest BCUT2D eigenvalue weighted by molar-refractivity contribution is 5.43. The molecule has 0 fully saturated rings. The van der Waals surface area contributed by atoms with Gasteiger partial charge < -0.3 is 15.2 Å². The Hall–Kier alpha value is -2.37. The number of nitrogens with two attached hydrogens (primary N) is 1. The molecule has 6 heteroatoms. The standard InChI is InChI=1S/C15H20N4O2/c1-9(2)14-17-13(18-15(16)19-14)8-10-5-6-11(20-3)12(7-10)21-4/h5-7,9H,8H2,1-4H3,(H2,16,17,18,19). The second kappa shape index (κ2) is 6.39. The Kier molecular flexibility index (Phi) is 4.57. The van der Waals surface area contributed by atoms with E-state index in [1.54, 1.807) is 14.2 Å². The van der Waals surface area contributed by atoms with Crippen molar-refractivity contribution in [3.8, 4) is 11.5 Å². The molecule has 2 aromatic rings. The number of aromatic nitrogens is 3. The lowest BCUT2D eigenvalue weighted by Crippen LogP contribution is -2.09. The minimum atomic E-state index is 0.208. The van der Waals surface area contributed by atoms with Crippen molar-refractivity contribution < 1.29 is 9.47 Å². The number of benzene rings is 1. The van der Waals surface area contributed by atoms with E-state index in [1.165, 1.54) is 0 Å². The number of nitrogens with zero attached hydrogens (tertiary/aromatic N) is 3. The van der Waals surface area contributed by atoms with E-state index in [2.05, 4.69) is 15.0 Å². The first-order valence-electron chi connectivity index (χ1n) is 6.74. The van der Waals surface area contributed by atoms with Crippen LogP contribution in [0.3, 0.4) is 0 Å². The average Bonchev–Trinajstić information content (AvgIpc) is 2.46. The Labute approximate surface area is 124 Å². The van der Waals surface area contributed by atoms with Gasteiger partial charge in [0, 0.05) is 12.3 Å². The maximum Gasteiger partial charge on any atom is 0.223 e. The van der Waals surface area contributed by atoms with Gasteiger partial charge in [0.2, 0.25) is 5.95 Å². The van der Waals surface area contributed by atoms with Crippen LogP contribution in [0.4, 0.5) is 5.95 Å². The second-order valence-corrected chi connectivity index (χ2v) is 4.99. The highest BCUT2D eigenvalue weighted by Crippen LogP contribution is 2.28. The predicted molar refractivity (Wildman–Crippen MR) is 80.7 cm³/mol. The molecule has 0 aliphatic rings. The summed E-state index contributed by atoms with van der Waals surface area (Å²) < 4.78 is 10.5. The highest BCUT2D eigenvalue weighted by Gasteiger charge is 2.10. The third kappa shape index (κ3) is 3.59. The number of nitrogen functional groups attached to an aromatic ring is 1. The Morgan fingerprint density at radius 3 is 2.38 bits per heavy atom. The lowest BCUT2D eigenvalue weighted by atomic mass is 10.1. The van der Waals surface area contributed by atoms with Gasteiger partial charge >= 0.3 is 0 Å². The Morgan fingerprint density at radius 2 is 1.76 bits per heavy atom. The normalized spacial score (nSPS) is 10.7. The number of anilines is 1. The molecule has 2 N–H and O–H groups in total. The molecule has 0 aliphatic carbocycles. The molecule has 0 saturated heterocycles. The molecule has 0 spiro atoms. The van der Waals surface area contributed by atoms with Crippen molar-refractivity contribution in [3.05, 3.63) is 35.4 Å². The molecule has 0 saturated carbocycles. The first kappa shape index (κ1) is 15.0. The van der Waals surface area contributed by atoms with E-state index < -0.39 is 0 Å². The van der Waals surface area contributed by atoms with Crippen molar-refractivity contribution in [3.63, 3.8) is 0 Å². The molecule has 1 aromatic heterocycles. The summed E-state index contributed by atoms with van der Waals surface area (Å²) in [5, 5.41) is 0. The molecular formula is C15H20N4O2. The quantitative estimate of drug-likeness (QED) is 0.908. The van der Waals surface area contributed by atoms with Gasteiger partial charge in [0.25, 0.3) is 0 Å². The molecule has 0 amide bonds. The molecule has 112 valence electrons. The summed E-state index contributed by atoms with van der Waals surface area (Å²) >= 11 is 0. The van der Waals surface area contributed by atoms with Gasteiger partial charge in [-0.05, 0) is 17.7 Å². The molecule has 0 bridgehead atoms. The van der Waals surface area contributed by atoms with Crippen LogP contribution in [0.15, 0.2) is 18.2 Å². The van der Waals surface area contributed by atoms with E-state index in [1.807, 2.05) is 32.0 Å². The fourth-order valence-electron chi connectivity index (χ4n) is 1.97. The summed E-state index contributed by atoms with van der Waals surface area (Å²) in [6.45, 7) is 4.05. The fraction of sp³-hybridized carbons (Fsp3) is 0.400. The maximum atomic E-state index is 5.75. The Morgan fingerprint density at radius 1 is 1.05 bits per heavy atom. The minimum Gasteiger partial charge on any atom is -0.493 e. The van der Waals surface area contributed by atoms with Crippen LogP contribution in [0.1, 0.15) is 37.0 Å². The Bertz CT molecular complexity index is 629. The van der Waals surface area contributed by atoms with E-state index in [0.29, 0.717) is 29.6 Å². The third-order valence-corrected chi connectivity index (χ3v) is 3.04. The van der Waals surface area contributed by atoms with Crippen molar-refractivity contribution in [1.82, 2.24) is 15.0 Å². The summed E-state index contributed by atoms with van der Waals surface area (Å²) in [5.74, 6) is 3.19. The van der Waals surface area contributed by atoms with Crippen molar-refractivity contribution in [2.45, 2.75) is 26.2 Å². The molecule has 1 heterocycles. The molecule has 6 nitrogen and oxygen atoms in total. The van der Waals surface area contributed by atoms with Crippen LogP contribution < -0.4 is 15.2 Å². The van der Waals surface area contributed by atoms with E-state index in [4.69, 9.17) is 15.2 Å². The molecule has 1 aromatic carbocycles. The molecule has 21 heavy (non-hydrogen) atoms. The number of methoxy groups -OCH3 is 2. The molecular weight excluding hydrogens is 268 g/mol. The zero-order valence-corrected chi connectivity index (χ0v) is 12.8. The summed E-state index contributed by atoms with van der Waals surface area (Å²) in [5.41, 5.74) is 6.77. The topological polar surface area (TPSA) is 83.2 Å². The van der Waals surface area contributed by atoms with Crippen molar-refractivity contribution in [2.75, 3.05) is 20.0 Å². The average molecular weight is 288 g/mol. The number of hydrogen-bond acceptors (Lipinski definition) is 6. The molecule has 2 rings (SSSR count). The first-order valence-corrected chi connectivity index (χ1v) is 6.74. The fourth-order valence-corrected chi connectivity index (χ4v) is 1.97. The summed E-state index contributed by atoms with van der Waals surface area (Å²) in [7, 11) is 3.22. The zero-order chi connectivity index (χ0) is 15.4. The van der Waals surface area contributed by atoms with E-state index in [-0.39, 0.29) is 11.9 Å². The van der Waals surface area contributed by atoms with E-state index >= 15 is 0 Å². The zero-order valence-electron chi connectivity index (χ0n) is 12.8. The largest absolute Gasteiger partial charge is 0.493 e. The van der Waals surface area contributed by atoms with Gasteiger partial charge in [-0.1, -0.05) is 19.9 Å². The highest BCUT2D eigenvalue weighted by atomic mass is 16.5. The maximum absolute atomic E-state index is 5.75. The summed E-state index contributed by atoms with van der Waals surface area (Å²) in [4.78, 5) is 12.8. The third-order valence-electron chi connectivity index (χ3n) is 3.04. The van der Waals surface area contributed by atoms with E-state index in [9.17, 15) is 0 Å². The molecule has 0 radical (unpaired) electrons. The Balaban J connectivity index is 2.29. The number of hydrogen-bond donors (Lipinski definition) is 1. The molecule has 0 aliphatic heterocycles. The van der Waals surface area contributed by atoms with Crippen LogP contribution in [0.5, 0.6) is 11.5 Å². The SMILES string of the molecule is COc1ccc(Cc2nc(N)nc(C(C)C)n2)cc1OC. The lowest BCUT2D eigenvalue weighted by molar-refractivity contribution is 0.354. The number of ether oxygens (including phenoxy) is 2. The predicted octanol–water partition coefficient (Wildman–Crippen LogP) is 2.19. The lowest BCUT2D eigenvalue weighted by Gasteiger charge is -2.10. The van der Waals surface area contributed by atoms with Crippen LogP contribution in [0, 0.1) is 0 Å². The smallest absolute Gasteiger partial charge is 0.223 e. The van der Waals surface area contributed by atoms with Gasteiger partial charge in [-0.2, -0.15) is 9.97 Å². The van der Waals surface area contributed by atoms with Gasteiger partial charge in [0.15, 0.2) is 11.5 Å². The summed E-state index contributed by atoms with van der Waals surface area (Å²) in [6.07, 6.45) is 0.562. The minimum absolute atomic E-state index is 0.208. The van der Waals surface area contributed by atoms with Crippen LogP contribution >= 0.6 is 0 Å². The van der Waals surface area contributed by atoms with Crippen LogP contribution in [-0.2, 0) is 6.42 Å².